The summed E-state index contributed by atoms with van der Waals surface area (Å²) in [5.74, 6) is 0. The molecule has 9 nitrogen and oxygen atoms in total. The molecule has 0 spiro atoms. The molecule has 0 aliphatic heterocycles. The molecule has 0 saturated carbocycles. The summed E-state index contributed by atoms with van der Waals surface area (Å²) in [6.07, 6.45) is 0. The van der Waals surface area contributed by atoms with E-state index in [0.717, 1.165) is 0 Å². The zero-order valence-corrected chi connectivity index (χ0v) is 9.00. The van der Waals surface area contributed by atoms with Gasteiger partial charge in [-0.15, -0.1) is 0 Å². The summed E-state index contributed by atoms with van der Waals surface area (Å²) >= 11 is -5.62. The third-order valence-electron chi connectivity index (χ3n) is 0.387. The average Bonchev–Trinajstić information content (AvgIpc) is 1.49. The van der Waals surface area contributed by atoms with Crippen LogP contribution in [0, 0.1) is 0 Å². The van der Waals surface area contributed by atoms with Crippen molar-refractivity contribution in [2.24, 2.45) is 0 Å². The van der Waals surface area contributed by atoms with Crippen molar-refractivity contribution in [3.63, 3.8) is 0 Å². The van der Waals surface area contributed by atoms with Crippen LogP contribution in [0.3, 0.4) is 0 Å². The molecule has 0 bridgehead atoms. The van der Waals surface area contributed by atoms with Gasteiger partial charge in [0.1, 0.15) is 0 Å². The fraction of sp³-hybridized carbons (Fsp3) is 0. The third-order valence-corrected chi connectivity index (χ3v) is 4.76. The molecular weight excluding hydrogens is 278 g/mol. The maximum absolute atomic E-state index is 10.2. The van der Waals surface area contributed by atoms with Crippen LogP contribution in [0.1, 0.15) is 0 Å². The van der Waals surface area contributed by atoms with E-state index in [9.17, 15) is 12.8 Å². The van der Waals surface area contributed by atoms with Gasteiger partial charge >= 0.3 is 69.9 Å². The van der Waals surface area contributed by atoms with Crippen LogP contribution in [-0.4, -0.2) is 41.7 Å². The molecule has 72 valence electrons. The van der Waals surface area contributed by atoms with Gasteiger partial charge in [0.05, 0.1) is 0 Å². The Labute approximate surface area is 70.4 Å². The van der Waals surface area contributed by atoms with Gasteiger partial charge in [0.25, 0.3) is 0 Å². The van der Waals surface area contributed by atoms with Crippen LogP contribution in [0.4, 0.5) is 0 Å². The summed E-state index contributed by atoms with van der Waals surface area (Å²) in [6, 6.07) is 0. The molecule has 0 atom stereocenters. The normalized spacial score (nSPS) is 12.3. The summed E-state index contributed by atoms with van der Waals surface area (Å²) < 4.78 is 52.9. The number of rotatable bonds is 4. The van der Waals surface area contributed by atoms with Crippen molar-refractivity contribution in [1.82, 2.24) is 0 Å². The fourth-order valence-electron chi connectivity index (χ4n) is 0.211. The summed E-state index contributed by atoms with van der Waals surface area (Å²) in [5.41, 5.74) is 0. The second-order valence-corrected chi connectivity index (χ2v) is 7.02. The molecule has 0 rings (SSSR count). The Kier molecular flexibility index (Phi) is 3.85. The first kappa shape index (κ1) is 12.0. The van der Waals surface area contributed by atoms with Crippen molar-refractivity contribution in [2.45, 2.75) is 0 Å². The molecule has 0 saturated heterocycles. The van der Waals surface area contributed by atoms with E-state index in [0.29, 0.717) is 0 Å². The van der Waals surface area contributed by atoms with Crippen LogP contribution < -0.4 is 0 Å². The van der Waals surface area contributed by atoms with Gasteiger partial charge in [0, 0.05) is 0 Å². The van der Waals surface area contributed by atoms with Gasteiger partial charge in [-0.05, 0) is 0 Å². The van der Waals surface area contributed by atoms with E-state index in [4.69, 9.17) is 18.0 Å². The van der Waals surface area contributed by atoms with E-state index >= 15 is 0 Å². The van der Waals surface area contributed by atoms with E-state index in [1.165, 1.54) is 0 Å². The van der Waals surface area contributed by atoms with Crippen molar-refractivity contribution in [1.29, 1.82) is 0 Å². The Morgan fingerprint density at radius 1 is 1.33 bits per heavy atom. The first-order valence-electron chi connectivity index (χ1n) is 2.14. The molecular formula is H4AsO9PSi. The Balaban J connectivity index is 4.10. The quantitative estimate of drug-likeness (QED) is 0.321. The molecule has 4 N–H and O–H groups in total. The Hall–Kier alpha value is 0.0453. The first-order valence-corrected chi connectivity index (χ1v) is 8.11. The van der Waals surface area contributed by atoms with E-state index in [-0.39, 0.29) is 0 Å². The minimum absolute atomic E-state index is 3.33. The number of phosphoric acid groups is 1. The van der Waals surface area contributed by atoms with Crippen LogP contribution >= 0.6 is 7.82 Å². The maximum atomic E-state index is 10.2. The molecule has 0 aromatic carbocycles. The number of hydrogen-bond acceptors (Lipinski definition) is 5. The SMILES string of the molecule is O=[Si](OP(=O)(O)O)O[As](=O)(O)O. The van der Waals surface area contributed by atoms with E-state index in [1.54, 1.807) is 0 Å². The van der Waals surface area contributed by atoms with Gasteiger partial charge in [-0.3, -0.25) is 0 Å². The summed E-state index contributed by atoms with van der Waals surface area (Å²) in [7, 11) is -8.89. The summed E-state index contributed by atoms with van der Waals surface area (Å²) in [4.78, 5) is 15.9. The van der Waals surface area contributed by atoms with Gasteiger partial charge in [-0.25, -0.2) is 0 Å². The molecule has 0 heterocycles. The molecule has 0 fully saturated rings. The molecule has 0 aromatic heterocycles. The Morgan fingerprint density at radius 3 is 2.00 bits per heavy atom. The van der Waals surface area contributed by atoms with E-state index < -0.39 is 31.5 Å². The summed E-state index contributed by atoms with van der Waals surface area (Å²) in [5, 5.41) is 0. The van der Waals surface area contributed by atoms with Crippen LogP contribution in [-0.2, 0) is 20.4 Å². The third kappa shape index (κ3) is 8.14. The van der Waals surface area contributed by atoms with E-state index in [1.807, 2.05) is 0 Å². The van der Waals surface area contributed by atoms with Gasteiger partial charge in [-0.1, -0.05) is 0 Å². The molecule has 0 aliphatic carbocycles. The zero-order valence-electron chi connectivity index (χ0n) is 5.22. The molecule has 0 radical (unpaired) electrons. The predicted octanol–water partition coefficient (Wildman–Crippen LogP) is -2.62. The van der Waals surface area contributed by atoms with Gasteiger partial charge in [0.15, 0.2) is 0 Å². The Bertz CT molecular complexity index is 230. The first-order chi connectivity index (χ1) is 5.10. The molecule has 12 heteroatoms. The second-order valence-electron chi connectivity index (χ2n) is 1.41. The molecule has 12 heavy (non-hydrogen) atoms. The van der Waals surface area contributed by atoms with Crippen molar-refractivity contribution in [3.05, 3.63) is 0 Å². The van der Waals surface area contributed by atoms with Crippen LogP contribution in [0.15, 0.2) is 0 Å². The van der Waals surface area contributed by atoms with E-state index in [2.05, 4.69) is 7.63 Å². The standard InChI is InChI=1S/AsH4O9PSi/c2-1(3,4)9-12(8)10-11(5,6)7/h(H2,2,3,4)(H2,5,6,7). The van der Waals surface area contributed by atoms with Gasteiger partial charge in [0.2, 0.25) is 0 Å². The van der Waals surface area contributed by atoms with Gasteiger partial charge < -0.3 is 0 Å². The van der Waals surface area contributed by atoms with Gasteiger partial charge in [-0.2, -0.15) is 0 Å². The minimum atomic E-state index is -5.62. The van der Waals surface area contributed by atoms with Crippen LogP contribution in [0.25, 0.3) is 0 Å². The van der Waals surface area contributed by atoms with Crippen molar-refractivity contribution >= 4 is 31.5 Å². The fourth-order valence-corrected chi connectivity index (χ4v) is 3.17. The Morgan fingerprint density at radius 2 is 1.75 bits per heavy atom. The van der Waals surface area contributed by atoms with Crippen molar-refractivity contribution in [2.75, 3.05) is 0 Å². The molecule has 0 amide bonds. The second kappa shape index (κ2) is 3.84. The average molecular weight is 282 g/mol. The number of hydrogen-bond donors (Lipinski definition) is 4. The van der Waals surface area contributed by atoms with Crippen LogP contribution in [0.2, 0.25) is 0 Å². The topological polar surface area (TPSA) is 151 Å². The predicted molar refractivity (Wildman–Crippen MR) is 31.5 cm³/mol. The molecule has 0 unspecified atom stereocenters. The van der Waals surface area contributed by atoms with Crippen molar-refractivity contribution in [3.8, 4) is 0 Å². The molecule has 0 aliphatic rings. The molecule has 0 aromatic rings. The van der Waals surface area contributed by atoms with Crippen molar-refractivity contribution < 1.29 is 38.4 Å². The van der Waals surface area contributed by atoms with Crippen LogP contribution in [0.5, 0.6) is 0 Å². The summed E-state index contributed by atoms with van der Waals surface area (Å²) in [6.45, 7) is 0. The zero-order chi connectivity index (χ0) is 9.99. The monoisotopic (exact) mass is 282 g/mol.